The number of ether oxygens (including phenoxy) is 1. The third kappa shape index (κ3) is 8.40. The number of hydrogen-bond donors (Lipinski definition) is 2. The Balaban J connectivity index is 2.25. The molecule has 2 N–H and O–H groups in total. The first-order valence-corrected chi connectivity index (χ1v) is 11.2. The first-order chi connectivity index (χ1) is 14.4. The van der Waals surface area contributed by atoms with E-state index < -0.39 is 0 Å². The minimum atomic E-state index is -0.0997. The number of nitrogens with zero attached hydrogens (tertiary/aromatic N) is 2. The molecular formula is C24H40N4O3. The molecule has 1 aliphatic rings. The van der Waals surface area contributed by atoms with E-state index in [0.29, 0.717) is 19.5 Å². The molecule has 0 unspecified atom stereocenters. The fourth-order valence-electron chi connectivity index (χ4n) is 3.71. The van der Waals surface area contributed by atoms with Crippen molar-refractivity contribution in [2.45, 2.75) is 72.6 Å². The molecule has 1 aromatic carbocycles. The number of hydrogen-bond acceptors (Lipinski definition) is 4. The van der Waals surface area contributed by atoms with Gasteiger partial charge in [0.25, 0.3) is 0 Å². The van der Waals surface area contributed by atoms with E-state index >= 15 is 0 Å². The first kappa shape index (κ1) is 25.0. The molecule has 0 aromatic heterocycles. The second-order valence-corrected chi connectivity index (χ2v) is 10.1. The second-order valence-electron chi connectivity index (χ2n) is 10.1. The highest BCUT2D eigenvalue weighted by Gasteiger charge is 2.24. The summed E-state index contributed by atoms with van der Waals surface area (Å²) in [4.78, 5) is 29.2. The number of nitrogens with one attached hydrogen (secondary N) is 2. The highest BCUT2D eigenvalue weighted by atomic mass is 16.5. The van der Waals surface area contributed by atoms with Crippen LogP contribution in [-0.2, 0) is 16.1 Å². The molecular weight excluding hydrogens is 392 g/mol. The molecule has 1 aromatic rings. The Bertz CT molecular complexity index is 750. The molecule has 2 rings (SSSR count). The molecule has 7 nitrogen and oxygen atoms in total. The van der Waals surface area contributed by atoms with Crippen LogP contribution in [0.5, 0.6) is 0 Å². The van der Waals surface area contributed by atoms with Crippen molar-refractivity contribution in [1.29, 1.82) is 0 Å². The Morgan fingerprint density at radius 2 is 1.94 bits per heavy atom. The molecule has 31 heavy (non-hydrogen) atoms. The van der Waals surface area contributed by atoms with Gasteiger partial charge in [0.15, 0.2) is 0 Å². The predicted molar refractivity (Wildman–Crippen MR) is 127 cm³/mol. The summed E-state index contributed by atoms with van der Waals surface area (Å²) in [5.41, 5.74) is 2.67. The van der Waals surface area contributed by atoms with Crippen molar-refractivity contribution in [3.05, 3.63) is 23.8 Å². The van der Waals surface area contributed by atoms with Gasteiger partial charge in [-0.15, -0.1) is 0 Å². The van der Waals surface area contributed by atoms with Crippen LogP contribution in [0.25, 0.3) is 0 Å². The number of amides is 3. The Kier molecular flexibility index (Phi) is 8.74. The fraction of sp³-hybridized carbons (Fsp3) is 0.667. The Hall–Kier alpha value is -2.28. The molecule has 7 heteroatoms. The molecule has 1 aliphatic heterocycles. The van der Waals surface area contributed by atoms with Gasteiger partial charge in [-0.05, 0) is 55.9 Å². The van der Waals surface area contributed by atoms with E-state index in [1.54, 1.807) is 0 Å². The lowest BCUT2D eigenvalue weighted by Crippen LogP contribution is -2.45. The van der Waals surface area contributed by atoms with Crippen molar-refractivity contribution < 1.29 is 14.3 Å². The van der Waals surface area contributed by atoms with Crippen LogP contribution >= 0.6 is 0 Å². The summed E-state index contributed by atoms with van der Waals surface area (Å²) in [7, 11) is 3.96. The van der Waals surface area contributed by atoms with Gasteiger partial charge in [-0.2, -0.15) is 0 Å². The molecule has 0 spiro atoms. The van der Waals surface area contributed by atoms with Crippen LogP contribution in [0.4, 0.5) is 16.2 Å². The lowest BCUT2D eigenvalue weighted by atomic mass is 9.92. The van der Waals surface area contributed by atoms with Gasteiger partial charge in [0.05, 0.1) is 6.10 Å². The lowest BCUT2D eigenvalue weighted by molar-refractivity contribution is -0.117. The summed E-state index contributed by atoms with van der Waals surface area (Å²) in [5.74, 6) is -0.00943. The zero-order valence-electron chi connectivity index (χ0n) is 20.2. The molecule has 1 heterocycles. The molecule has 0 aliphatic carbocycles. The summed E-state index contributed by atoms with van der Waals surface area (Å²) in [6.45, 7) is 11.8. The maximum atomic E-state index is 12.9. The van der Waals surface area contributed by atoms with E-state index in [2.05, 4.69) is 10.6 Å². The summed E-state index contributed by atoms with van der Waals surface area (Å²) in [6, 6.07) is 5.83. The fourth-order valence-corrected chi connectivity index (χ4v) is 3.71. The van der Waals surface area contributed by atoms with E-state index in [4.69, 9.17) is 4.74 Å². The number of anilines is 2. The smallest absolute Gasteiger partial charge is 0.317 e. The summed E-state index contributed by atoms with van der Waals surface area (Å²) in [5, 5.41) is 6.02. The van der Waals surface area contributed by atoms with Crippen molar-refractivity contribution >= 4 is 23.3 Å². The average molecular weight is 433 g/mol. The number of benzene rings is 1. The molecule has 0 radical (unpaired) electrons. The Morgan fingerprint density at radius 1 is 1.23 bits per heavy atom. The molecule has 0 saturated carbocycles. The van der Waals surface area contributed by atoms with Gasteiger partial charge in [0.2, 0.25) is 5.91 Å². The van der Waals surface area contributed by atoms with Crippen molar-refractivity contribution in [2.75, 3.05) is 37.5 Å². The van der Waals surface area contributed by atoms with Crippen molar-refractivity contribution in [1.82, 2.24) is 10.2 Å². The zero-order chi connectivity index (χ0) is 23.2. The van der Waals surface area contributed by atoms with Crippen molar-refractivity contribution in [3.8, 4) is 0 Å². The third-order valence-corrected chi connectivity index (χ3v) is 5.04. The second kappa shape index (κ2) is 10.8. The maximum Gasteiger partial charge on any atom is 0.317 e. The van der Waals surface area contributed by atoms with Gasteiger partial charge < -0.3 is 25.2 Å². The van der Waals surface area contributed by atoms with Crippen molar-refractivity contribution in [2.24, 2.45) is 5.41 Å². The monoisotopic (exact) mass is 432 g/mol. The van der Waals surface area contributed by atoms with Gasteiger partial charge in [0.1, 0.15) is 0 Å². The maximum absolute atomic E-state index is 12.9. The molecule has 0 bridgehead atoms. The number of carbonyl (C=O) groups is 2. The van der Waals surface area contributed by atoms with Gasteiger partial charge in [0, 0.05) is 57.6 Å². The molecule has 1 saturated heterocycles. The van der Waals surface area contributed by atoms with Crippen LogP contribution in [0.1, 0.15) is 59.4 Å². The van der Waals surface area contributed by atoms with E-state index in [9.17, 15) is 9.59 Å². The molecule has 1 fully saturated rings. The summed E-state index contributed by atoms with van der Waals surface area (Å²) >= 11 is 0. The highest BCUT2D eigenvalue weighted by Crippen LogP contribution is 2.26. The minimum absolute atomic E-state index is 0.00943. The van der Waals surface area contributed by atoms with Crippen LogP contribution in [0.15, 0.2) is 18.2 Å². The van der Waals surface area contributed by atoms with E-state index in [-0.39, 0.29) is 29.5 Å². The van der Waals surface area contributed by atoms with Gasteiger partial charge in [-0.3, -0.25) is 4.79 Å². The van der Waals surface area contributed by atoms with Crippen LogP contribution in [0, 0.1) is 5.41 Å². The third-order valence-electron chi connectivity index (χ3n) is 5.04. The van der Waals surface area contributed by atoms with Crippen LogP contribution in [-0.4, -0.2) is 56.2 Å². The van der Waals surface area contributed by atoms with Gasteiger partial charge in [-0.1, -0.05) is 20.8 Å². The number of urea groups is 1. The highest BCUT2D eigenvalue weighted by molar-refractivity contribution is 5.91. The quantitative estimate of drug-likeness (QED) is 0.645. The summed E-state index contributed by atoms with van der Waals surface area (Å²) < 4.78 is 5.79. The van der Waals surface area contributed by atoms with E-state index in [1.807, 2.05) is 76.7 Å². The van der Waals surface area contributed by atoms with Crippen LogP contribution < -0.4 is 15.5 Å². The molecule has 3 amide bonds. The average Bonchev–Trinajstić information content (AvgIpc) is 3.12. The van der Waals surface area contributed by atoms with Crippen LogP contribution in [0.3, 0.4) is 0 Å². The largest absolute Gasteiger partial charge is 0.377 e. The normalized spacial score (nSPS) is 16.3. The summed E-state index contributed by atoms with van der Waals surface area (Å²) in [6.07, 6.45) is 2.51. The Morgan fingerprint density at radius 3 is 2.48 bits per heavy atom. The lowest BCUT2D eigenvalue weighted by Gasteiger charge is -2.29. The number of rotatable bonds is 8. The Labute approximate surface area is 187 Å². The predicted octanol–water partition coefficient (Wildman–Crippen LogP) is 4.23. The van der Waals surface area contributed by atoms with E-state index in [1.165, 1.54) is 0 Å². The van der Waals surface area contributed by atoms with E-state index in [0.717, 1.165) is 36.4 Å². The minimum Gasteiger partial charge on any atom is -0.377 e. The standard InChI is InChI=1S/C24H40N4O3/c1-17(2)25-23(30)28(16-20-9-8-12-31-20)15-18-13-19(10-11-21(18)27(6)7)26-22(29)14-24(3,4)5/h10-11,13,17,20H,8-9,12,14-16H2,1-7H3,(H,25,30)(H,26,29)/t20-/m0/s1. The number of carbonyl (C=O) groups excluding carboxylic acids is 2. The van der Waals surface area contributed by atoms with Gasteiger partial charge >= 0.3 is 6.03 Å². The topological polar surface area (TPSA) is 73.9 Å². The molecule has 1 atom stereocenters. The first-order valence-electron chi connectivity index (χ1n) is 11.2. The zero-order valence-corrected chi connectivity index (χ0v) is 20.2. The van der Waals surface area contributed by atoms with Gasteiger partial charge in [-0.25, -0.2) is 4.79 Å². The van der Waals surface area contributed by atoms with Crippen LogP contribution in [0.2, 0.25) is 0 Å². The van der Waals surface area contributed by atoms with Crippen molar-refractivity contribution in [3.63, 3.8) is 0 Å². The molecule has 174 valence electrons. The SMILES string of the molecule is CC(C)NC(=O)N(Cc1cc(NC(=O)CC(C)(C)C)ccc1N(C)C)C[C@@H]1CCCO1.